The summed E-state index contributed by atoms with van der Waals surface area (Å²) in [5.74, 6) is -0.448. The molecule has 2 aromatic heterocycles. The fourth-order valence-electron chi connectivity index (χ4n) is 6.99. The van der Waals surface area contributed by atoms with Gasteiger partial charge in [0.1, 0.15) is 5.52 Å². The molecular formula is C33H40N8O3. The fraction of sp³-hybridized carbons (Fsp3) is 0.455. The zero-order chi connectivity index (χ0) is 30.2. The third kappa shape index (κ3) is 5.51. The predicted octanol–water partition coefficient (Wildman–Crippen LogP) is 3.35. The second kappa shape index (κ2) is 12.1. The van der Waals surface area contributed by atoms with Crippen molar-refractivity contribution in [3.8, 4) is 0 Å². The summed E-state index contributed by atoms with van der Waals surface area (Å²) in [5.41, 5.74) is 8.61. The van der Waals surface area contributed by atoms with Crippen molar-refractivity contribution in [3.63, 3.8) is 0 Å². The van der Waals surface area contributed by atoms with Crippen molar-refractivity contribution in [3.05, 3.63) is 64.6 Å². The molecule has 0 atom stereocenters. The average molecular weight is 597 g/mol. The van der Waals surface area contributed by atoms with Crippen molar-refractivity contribution in [2.24, 2.45) is 5.73 Å². The minimum Gasteiger partial charge on any atom is -0.381 e. The lowest BCUT2D eigenvalue weighted by molar-refractivity contribution is 0.0698. The maximum Gasteiger partial charge on any atom is 0.271 e. The lowest BCUT2D eigenvalue weighted by atomic mass is 10.0. The van der Waals surface area contributed by atoms with E-state index in [0.717, 1.165) is 45.0 Å². The number of carbonyl (C=O) groups excluding carboxylic acids is 1. The number of amides is 1. The number of benzene rings is 2. The number of aromatic nitrogens is 3. The summed E-state index contributed by atoms with van der Waals surface area (Å²) in [4.78, 5) is 43.5. The summed E-state index contributed by atoms with van der Waals surface area (Å²) in [6.45, 7) is 7.83. The van der Waals surface area contributed by atoms with Gasteiger partial charge in [0.05, 0.1) is 0 Å². The Balaban J connectivity index is 1.16. The molecule has 3 fully saturated rings. The van der Waals surface area contributed by atoms with Crippen LogP contribution in [-0.4, -0.2) is 95.8 Å². The van der Waals surface area contributed by atoms with Gasteiger partial charge in [0.15, 0.2) is 17.2 Å². The van der Waals surface area contributed by atoms with Gasteiger partial charge in [-0.1, -0.05) is 18.2 Å². The number of nitrogens with one attached hydrogen (secondary N) is 1. The Bertz CT molecular complexity index is 1720. The standard InChI is InChI=1S/C33H40N8O3/c1-38-16-18-40(19-17-38)24-10-14-39(15-11-24)23-8-6-22(7-9-23)35-31-29(30(34)42)36-28-26-4-2-3-5-27(26)33(43)41(32(28)37-31)25-12-20-44-21-13-25/h2-9,24-25H,10-21H2,1H3,(H2,34,42)(H,35,37). The van der Waals surface area contributed by atoms with Gasteiger partial charge in [-0.15, -0.1) is 0 Å². The molecule has 44 heavy (non-hydrogen) atoms. The highest BCUT2D eigenvalue weighted by molar-refractivity contribution is 6.05. The number of nitrogens with two attached hydrogens (primary N) is 1. The van der Waals surface area contributed by atoms with Gasteiger partial charge in [0.2, 0.25) is 0 Å². The van der Waals surface area contributed by atoms with Crippen LogP contribution < -0.4 is 21.5 Å². The summed E-state index contributed by atoms with van der Waals surface area (Å²) < 4.78 is 7.31. The summed E-state index contributed by atoms with van der Waals surface area (Å²) >= 11 is 0. The number of piperazine rings is 1. The number of carbonyl (C=O) groups is 1. The molecule has 1 amide bonds. The van der Waals surface area contributed by atoms with Crippen LogP contribution in [-0.2, 0) is 4.74 Å². The largest absolute Gasteiger partial charge is 0.381 e. The second-order valence-electron chi connectivity index (χ2n) is 12.3. The molecule has 0 spiro atoms. The van der Waals surface area contributed by atoms with Gasteiger partial charge >= 0.3 is 0 Å². The van der Waals surface area contributed by atoms with Gasteiger partial charge < -0.3 is 25.6 Å². The van der Waals surface area contributed by atoms with E-state index in [4.69, 9.17) is 20.4 Å². The quantitative estimate of drug-likeness (QED) is 0.323. The van der Waals surface area contributed by atoms with Crippen molar-refractivity contribution in [1.29, 1.82) is 0 Å². The van der Waals surface area contributed by atoms with Crippen molar-refractivity contribution in [2.45, 2.75) is 37.8 Å². The molecule has 7 rings (SSSR count). The van der Waals surface area contributed by atoms with E-state index in [2.05, 4.69) is 39.2 Å². The number of rotatable bonds is 6. The molecule has 230 valence electrons. The van der Waals surface area contributed by atoms with Gasteiger partial charge in [0.25, 0.3) is 11.5 Å². The molecule has 11 nitrogen and oxygen atoms in total. The van der Waals surface area contributed by atoms with Crippen LogP contribution >= 0.6 is 0 Å². The van der Waals surface area contributed by atoms with Crippen LogP contribution in [0.4, 0.5) is 17.2 Å². The number of piperidine rings is 1. The number of anilines is 3. The predicted molar refractivity (Wildman–Crippen MR) is 173 cm³/mol. The molecule has 2 aromatic carbocycles. The number of pyridine rings is 1. The van der Waals surface area contributed by atoms with E-state index < -0.39 is 5.91 Å². The third-order valence-electron chi connectivity index (χ3n) is 9.54. The van der Waals surface area contributed by atoms with Crippen LogP contribution in [0.3, 0.4) is 0 Å². The molecule has 3 aliphatic heterocycles. The Morgan fingerprint density at radius 3 is 2.23 bits per heavy atom. The number of nitrogens with zero attached hydrogens (tertiary/aromatic N) is 6. The van der Waals surface area contributed by atoms with E-state index in [1.807, 2.05) is 30.3 Å². The van der Waals surface area contributed by atoms with E-state index in [9.17, 15) is 9.59 Å². The number of primary amides is 1. The van der Waals surface area contributed by atoms with E-state index in [0.29, 0.717) is 54.0 Å². The molecule has 3 aliphatic rings. The number of hydrogen-bond donors (Lipinski definition) is 2. The molecule has 3 N–H and O–H groups in total. The van der Waals surface area contributed by atoms with Crippen molar-refractivity contribution >= 4 is 45.0 Å². The van der Waals surface area contributed by atoms with Crippen LogP contribution in [0.1, 0.15) is 42.2 Å². The van der Waals surface area contributed by atoms with Crippen LogP contribution in [0.25, 0.3) is 21.9 Å². The number of likely N-dealkylation sites (N-methyl/N-ethyl adjacent to an activating group) is 1. The Morgan fingerprint density at radius 1 is 0.864 bits per heavy atom. The normalized spacial score (nSPS) is 19.5. The smallest absolute Gasteiger partial charge is 0.271 e. The van der Waals surface area contributed by atoms with Crippen LogP contribution in [0.5, 0.6) is 0 Å². The van der Waals surface area contributed by atoms with Crippen molar-refractivity contribution in [2.75, 3.05) is 69.7 Å². The van der Waals surface area contributed by atoms with Gasteiger partial charge in [-0.25, -0.2) is 9.97 Å². The summed E-state index contributed by atoms with van der Waals surface area (Å²) in [7, 11) is 2.20. The Morgan fingerprint density at radius 2 is 1.55 bits per heavy atom. The maximum absolute atomic E-state index is 13.8. The third-order valence-corrected chi connectivity index (χ3v) is 9.54. The topological polar surface area (TPSA) is 122 Å². The molecule has 5 heterocycles. The number of fused-ring (bicyclic) bond motifs is 3. The first-order chi connectivity index (χ1) is 21.5. The Kier molecular flexibility index (Phi) is 7.92. The lowest BCUT2D eigenvalue weighted by Crippen LogP contribution is -2.52. The second-order valence-corrected chi connectivity index (χ2v) is 12.3. The number of hydrogen-bond acceptors (Lipinski definition) is 9. The SMILES string of the molecule is CN1CCN(C2CCN(c3ccc(Nc4nc5c(nc4C(N)=O)c4ccccc4c(=O)n5C4CCOCC4)cc3)CC2)CC1. The first-order valence-corrected chi connectivity index (χ1v) is 15.7. The average Bonchev–Trinajstić information content (AvgIpc) is 3.06. The van der Waals surface area contributed by atoms with Crippen molar-refractivity contribution < 1.29 is 9.53 Å². The molecule has 4 aromatic rings. The molecule has 3 saturated heterocycles. The maximum atomic E-state index is 13.8. The summed E-state index contributed by atoms with van der Waals surface area (Å²) in [6, 6.07) is 16.1. The number of ether oxygens (including phenoxy) is 1. The van der Waals surface area contributed by atoms with Crippen LogP contribution in [0.2, 0.25) is 0 Å². The molecule has 11 heteroatoms. The lowest BCUT2D eigenvalue weighted by Gasteiger charge is -2.42. The zero-order valence-corrected chi connectivity index (χ0v) is 25.2. The molecule has 0 unspecified atom stereocenters. The van der Waals surface area contributed by atoms with Gasteiger partial charge in [-0.2, -0.15) is 0 Å². The molecule has 0 aliphatic carbocycles. The highest BCUT2D eigenvalue weighted by Crippen LogP contribution is 2.30. The highest BCUT2D eigenvalue weighted by Gasteiger charge is 2.27. The minimum absolute atomic E-state index is 0.0369. The van der Waals surface area contributed by atoms with Crippen molar-refractivity contribution in [1.82, 2.24) is 24.3 Å². The van der Waals surface area contributed by atoms with Crippen LogP contribution in [0, 0.1) is 0 Å². The monoisotopic (exact) mass is 596 g/mol. The first-order valence-electron chi connectivity index (χ1n) is 15.7. The van der Waals surface area contributed by atoms with Gasteiger partial charge in [0, 0.05) is 86.7 Å². The van der Waals surface area contributed by atoms with Crippen LogP contribution in [0.15, 0.2) is 53.3 Å². The summed E-state index contributed by atoms with van der Waals surface area (Å²) in [6.07, 6.45) is 3.73. The first kappa shape index (κ1) is 28.7. The Labute approximate surface area is 256 Å². The van der Waals surface area contributed by atoms with E-state index in [1.54, 1.807) is 10.6 Å². The van der Waals surface area contributed by atoms with E-state index >= 15 is 0 Å². The Hall–Kier alpha value is -4.06. The fourth-order valence-corrected chi connectivity index (χ4v) is 6.99. The van der Waals surface area contributed by atoms with Gasteiger partial charge in [-0.05, 0) is 63.1 Å². The molecule has 0 radical (unpaired) electrons. The van der Waals surface area contributed by atoms with Gasteiger partial charge in [-0.3, -0.25) is 19.1 Å². The molecular weight excluding hydrogens is 556 g/mol. The summed E-state index contributed by atoms with van der Waals surface area (Å²) in [5, 5.41) is 4.48. The molecule has 0 saturated carbocycles. The highest BCUT2D eigenvalue weighted by atomic mass is 16.5. The minimum atomic E-state index is -0.686. The zero-order valence-electron chi connectivity index (χ0n) is 25.2. The molecule has 0 bridgehead atoms. The van der Waals surface area contributed by atoms with E-state index in [1.165, 1.54) is 18.5 Å². The van der Waals surface area contributed by atoms with E-state index in [-0.39, 0.29) is 23.1 Å².